The highest BCUT2D eigenvalue weighted by Gasteiger charge is 2.40. The van der Waals surface area contributed by atoms with Crippen LogP contribution in [0.25, 0.3) is 0 Å². The van der Waals surface area contributed by atoms with E-state index in [2.05, 4.69) is 0 Å². The zero-order valence-electron chi connectivity index (χ0n) is 23.2. The standard InChI is InChI=1S/C29H35ClFN3O7S/c30-25-13-24(26(31)14-27(25)39-18-20-9-4-5-10-20)28(35)32-42(37,38)34-16-23(17-34)41-22-11-6-12-33(15-22)29(36)40-19-21-7-2-1-3-8-21/h1-3,7-8,13-14,20,22-23H,4-6,9-12,15-19H2,(H,32,35)/t22-/m1/s1. The summed E-state index contributed by atoms with van der Waals surface area (Å²) in [4.78, 5) is 26.8. The normalized spacial score (nSPS) is 20.2. The molecule has 0 radical (unpaired) electrons. The number of nitrogens with one attached hydrogen (secondary N) is 1. The average molecular weight is 624 g/mol. The molecule has 3 fully saturated rings. The molecule has 2 aliphatic heterocycles. The van der Waals surface area contributed by atoms with Crippen molar-refractivity contribution in [1.82, 2.24) is 13.9 Å². The second-order valence-electron chi connectivity index (χ2n) is 11.0. The van der Waals surface area contributed by atoms with Crippen molar-refractivity contribution in [2.24, 2.45) is 5.92 Å². The molecule has 5 rings (SSSR count). The number of carbonyl (C=O) groups is 2. The summed E-state index contributed by atoms with van der Waals surface area (Å²) < 4.78 is 60.3. The van der Waals surface area contributed by atoms with Crippen LogP contribution in [0, 0.1) is 11.7 Å². The lowest BCUT2D eigenvalue weighted by molar-refractivity contribution is -0.0872. The summed E-state index contributed by atoms with van der Waals surface area (Å²) in [6, 6.07) is 11.5. The minimum Gasteiger partial charge on any atom is -0.492 e. The molecule has 3 aliphatic rings. The van der Waals surface area contributed by atoms with Gasteiger partial charge in [0.15, 0.2) is 0 Å². The van der Waals surface area contributed by atoms with E-state index < -0.39 is 39.7 Å². The zero-order valence-corrected chi connectivity index (χ0v) is 24.7. The number of amides is 2. The molecule has 2 aromatic carbocycles. The lowest BCUT2D eigenvalue weighted by Gasteiger charge is -2.41. The van der Waals surface area contributed by atoms with Gasteiger partial charge < -0.3 is 19.1 Å². The van der Waals surface area contributed by atoms with Gasteiger partial charge in [-0.25, -0.2) is 13.9 Å². The van der Waals surface area contributed by atoms with E-state index >= 15 is 0 Å². The number of hydrogen-bond donors (Lipinski definition) is 1. The molecule has 2 aromatic rings. The lowest BCUT2D eigenvalue weighted by atomic mass is 10.1. The number of carbonyl (C=O) groups excluding carboxylic acids is 2. The van der Waals surface area contributed by atoms with Crippen LogP contribution in [0.1, 0.15) is 54.4 Å². The minimum atomic E-state index is -4.24. The molecule has 1 aliphatic carbocycles. The Morgan fingerprint density at radius 1 is 1.00 bits per heavy atom. The van der Waals surface area contributed by atoms with E-state index in [1.165, 1.54) is 0 Å². The first-order valence-corrected chi connectivity index (χ1v) is 16.0. The number of halogens is 2. The Labute approximate surface area is 250 Å². The Kier molecular flexibility index (Phi) is 9.87. The van der Waals surface area contributed by atoms with Gasteiger partial charge in [-0.15, -0.1) is 0 Å². The second-order valence-corrected chi connectivity index (χ2v) is 13.1. The Bertz CT molecular complexity index is 1370. The Morgan fingerprint density at radius 3 is 2.48 bits per heavy atom. The van der Waals surface area contributed by atoms with Gasteiger partial charge in [0.1, 0.15) is 18.2 Å². The molecular formula is C29H35ClFN3O7S. The Hall–Kier alpha value is -2.93. The van der Waals surface area contributed by atoms with Crippen LogP contribution >= 0.6 is 11.6 Å². The smallest absolute Gasteiger partial charge is 0.410 e. The van der Waals surface area contributed by atoms with Crippen molar-refractivity contribution in [3.05, 3.63) is 64.4 Å². The highest BCUT2D eigenvalue weighted by atomic mass is 35.5. The largest absolute Gasteiger partial charge is 0.492 e. The number of nitrogens with zero attached hydrogens (tertiary/aromatic N) is 2. The fourth-order valence-electron chi connectivity index (χ4n) is 5.42. The highest BCUT2D eigenvalue weighted by Crippen LogP contribution is 2.31. The summed E-state index contributed by atoms with van der Waals surface area (Å²) in [6.07, 6.45) is 4.73. The molecule has 2 heterocycles. The predicted octanol–water partition coefficient (Wildman–Crippen LogP) is 4.52. The van der Waals surface area contributed by atoms with Crippen molar-refractivity contribution in [3.8, 4) is 5.75 Å². The Morgan fingerprint density at radius 2 is 1.74 bits per heavy atom. The molecule has 1 saturated carbocycles. The van der Waals surface area contributed by atoms with Crippen LogP contribution in [0.2, 0.25) is 5.02 Å². The van der Waals surface area contributed by atoms with Gasteiger partial charge in [-0.2, -0.15) is 12.7 Å². The van der Waals surface area contributed by atoms with Crippen LogP contribution in [-0.2, 0) is 26.3 Å². The maximum absolute atomic E-state index is 14.7. The third-order valence-corrected chi connectivity index (χ3v) is 9.53. The fraction of sp³-hybridized carbons (Fsp3) is 0.517. The molecule has 0 bridgehead atoms. The average Bonchev–Trinajstić information content (AvgIpc) is 3.48. The molecule has 2 saturated heterocycles. The van der Waals surface area contributed by atoms with Crippen LogP contribution in [0.4, 0.5) is 9.18 Å². The van der Waals surface area contributed by atoms with E-state index in [1.807, 2.05) is 35.1 Å². The number of rotatable bonds is 10. The molecule has 2 amide bonds. The van der Waals surface area contributed by atoms with E-state index in [4.69, 9.17) is 25.8 Å². The predicted molar refractivity (Wildman–Crippen MR) is 153 cm³/mol. The summed E-state index contributed by atoms with van der Waals surface area (Å²) in [5, 5.41) is 0.0276. The molecule has 42 heavy (non-hydrogen) atoms. The van der Waals surface area contributed by atoms with Crippen molar-refractivity contribution in [1.29, 1.82) is 0 Å². The minimum absolute atomic E-state index is 0.0226. The van der Waals surface area contributed by atoms with Gasteiger partial charge in [-0.1, -0.05) is 54.8 Å². The number of likely N-dealkylation sites (tertiary alicyclic amines) is 1. The molecule has 0 unspecified atom stereocenters. The van der Waals surface area contributed by atoms with Crippen LogP contribution in [0.3, 0.4) is 0 Å². The number of hydrogen-bond acceptors (Lipinski definition) is 7. The number of ether oxygens (including phenoxy) is 3. The van der Waals surface area contributed by atoms with E-state index in [1.54, 1.807) is 4.90 Å². The first-order valence-electron chi connectivity index (χ1n) is 14.2. The van der Waals surface area contributed by atoms with Gasteiger partial charge in [-0.05, 0) is 43.2 Å². The molecule has 13 heteroatoms. The van der Waals surface area contributed by atoms with Crippen molar-refractivity contribution in [2.45, 2.75) is 57.3 Å². The van der Waals surface area contributed by atoms with Gasteiger partial charge >= 0.3 is 16.3 Å². The molecular weight excluding hydrogens is 589 g/mol. The van der Waals surface area contributed by atoms with Crippen LogP contribution in [-0.4, -0.2) is 74.6 Å². The SMILES string of the molecule is O=C(NS(=O)(=O)N1CC(O[C@@H]2CCCN(C(=O)OCc3ccccc3)C2)C1)c1cc(Cl)c(OCC2CCCC2)cc1F. The third kappa shape index (κ3) is 7.71. The first kappa shape index (κ1) is 30.5. The number of benzene rings is 2. The fourth-order valence-corrected chi connectivity index (χ4v) is 6.83. The summed E-state index contributed by atoms with van der Waals surface area (Å²) in [5.74, 6) is -1.55. The molecule has 0 spiro atoms. The maximum atomic E-state index is 14.7. The Balaban J connectivity index is 1.07. The van der Waals surface area contributed by atoms with E-state index in [0.29, 0.717) is 25.6 Å². The first-order chi connectivity index (χ1) is 20.2. The van der Waals surface area contributed by atoms with E-state index in [9.17, 15) is 22.4 Å². The quantitative estimate of drug-likeness (QED) is 0.414. The van der Waals surface area contributed by atoms with Crippen molar-refractivity contribution in [3.63, 3.8) is 0 Å². The number of piperidine rings is 1. The molecule has 228 valence electrons. The highest BCUT2D eigenvalue weighted by molar-refractivity contribution is 7.87. The topological polar surface area (TPSA) is 114 Å². The summed E-state index contributed by atoms with van der Waals surface area (Å²) in [6.45, 7) is 1.53. The van der Waals surface area contributed by atoms with Crippen LogP contribution in [0.5, 0.6) is 5.75 Å². The van der Waals surface area contributed by atoms with Crippen molar-refractivity contribution >= 4 is 33.8 Å². The zero-order chi connectivity index (χ0) is 29.7. The van der Waals surface area contributed by atoms with Gasteiger partial charge in [0.05, 0.1) is 35.9 Å². The summed E-state index contributed by atoms with van der Waals surface area (Å²) in [7, 11) is -4.24. The second kappa shape index (κ2) is 13.6. The van der Waals surface area contributed by atoms with Gasteiger partial charge in [-0.3, -0.25) is 4.79 Å². The lowest BCUT2D eigenvalue weighted by Crippen LogP contribution is -2.60. The molecule has 1 atom stereocenters. The van der Waals surface area contributed by atoms with Crippen LogP contribution < -0.4 is 9.46 Å². The van der Waals surface area contributed by atoms with Crippen molar-refractivity contribution < 1.29 is 36.6 Å². The van der Waals surface area contributed by atoms with Gasteiger partial charge in [0, 0.05) is 25.7 Å². The maximum Gasteiger partial charge on any atom is 0.410 e. The van der Waals surface area contributed by atoms with E-state index in [0.717, 1.165) is 60.5 Å². The molecule has 1 N–H and O–H groups in total. The third-order valence-electron chi connectivity index (χ3n) is 7.82. The van der Waals surface area contributed by atoms with Crippen molar-refractivity contribution in [2.75, 3.05) is 32.8 Å². The summed E-state index contributed by atoms with van der Waals surface area (Å²) >= 11 is 6.21. The van der Waals surface area contributed by atoms with Crippen LogP contribution in [0.15, 0.2) is 42.5 Å². The van der Waals surface area contributed by atoms with Gasteiger partial charge in [0.2, 0.25) is 0 Å². The van der Waals surface area contributed by atoms with E-state index in [-0.39, 0.29) is 36.6 Å². The monoisotopic (exact) mass is 623 g/mol. The molecule has 0 aromatic heterocycles. The summed E-state index contributed by atoms with van der Waals surface area (Å²) in [5.41, 5.74) is 0.400. The molecule has 10 nitrogen and oxygen atoms in total. The van der Waals surface area contributed by atoms with Gasteiger partial charge in [0.25, 0.3) is 5.91 Å².